The Balaban J connectivity index is 1.33. The highest BCUT2D eigenvalue weighted by molar-refractivity contribution is 7.13. The van der Waals surface area contributed by atoms with E-state index in [1.807, 2.05) is 5.38 Å². The van der Waals surface area contributed by atoms with Crippen molar-refractivity contribution in [2.75, 3.05) is 0 Å². The predicted octanol–water partition coefficient (Wildman–Crippen LogP) is 2.41. The van der Waals surface area contributed by atoms with Crippen LogP contribution in [-0.4, -0.2) is 32.1 Å². The van der Waals surface area contributed by atoms with Crippen molar-refractivity contribution in [2.45, 2.75) is 45.1 Å². The van der Waals surface area contributed by atoms with Gasteiger partial charge in [-0.05, 0) is 43.9 Å². The molecule has 2 fully saturated rings. The first-order chi connectivity index (χ1) is 11.2. The largest absolute Gasteiger partial charge is 0.353 e. The summed E-state index contributed by atoms with van der Waals surface area (Å²) in [4.78, 5) is 20.8. The van der Waals surface area contributed by atoms with E-state index in [2.05, 4.69) is 32.4 Å². The van der Waals surface area contributed by atoms with Gasteiger partial charge in [0.05, 0.1) is 12.1 Å². The molecule has 4 rings (SSSR count). The molecule has 2 aromatic rings. The first kappa shape index (κ1) is 14.8. The van der Waals surface area contributed by atoms with E-state index in [0.29, 0.717) is 18.2 Å². The van der Waals surface area contributed by atoms with Crippen molar-refractivity contribution in [1.29, 1.82) is 0 Å². The van der Waals surface area contributed by atoms with Gasteiger partial charge in [-0.25, -0.2) is 9.97 Å². The second-order valence-corrected chi connectivity index (χ2v) is 7.71. The maximum absolute atomic E-state index is 12.3. The van der Waals surface area contributed by atoms with Gasteiger partial charge in [0.25, 0.3) is 0 Å². The summed E-state index contributed by atoms with van der Waals surface area (Å²) < 4.78 is 0. The number of carbonyl (C=O) groups excluding carboxylic acids is 1. The van der Waals surface area contributed by atoms with Gasteiger partial charge in [-0.3, -0.25) is 9.89 Å². The summed E-state index contributed by atoms with van der Waals surface area (Å²) in [5, 5.41) is 12.5. The fourth-order valence-electron chi connectivity index (χ4n) is 4.29. The Kier molecular flexibility index (Phi) is 3.88. The second kappa shape index (κ2) is 6.03. The summed E-state index contributed by atoms with van der Waals surface area (Å²) in [5.74, 6) is 3.12. The Morgan fingerprint density at radius 1 is 1.48 bits per heavy atom. The third-order valence-electron chi connectivity index (χ3n) is 5.33. The molecule has 7 heteroatoms. The molecule has 2 heterocycles. The van der Waals surface area contributed by atoms with E-state index in [1.165, 1.54) is 43.3 Å². The molecular weight excluding hydrogens is 310 g/mol. The van der Waals surface area contributed by atoms with E-state index in [0.717, 1.165) is 22.5 Å². The SMILES string of the molecule is CC(NC(=O)Cc1csc(-c2ncn[nH]2)n1)C1CC2CCC1C2. The van der Waals surface area contributed by atoms with Gasteiger partial charge in [-0.1, -0.05) is 6.42 Å². The third kappa shape index (κ3) is 3.02. The Morgan fingerprint density at radius 3 is 3.09 bits per heavy atom. The Hall–Kier alpha value is -1.76. The van der Waals surface area contributed by atoms with Crippen LogP contribution in [0.5, 0.6) is 0 Å². The number of rotatable bonds is 5. The summed E-state index contributed by atoms with van der Waals surface area (Å²) in [7, 11) is 0. The molecule has 2 N–H and O–H groups in total. The molecule has 2 aliphatic rings. The van der Waals surface area contributed by atoms with Crippen LogP contribution in [0.3, 0.4) is 0 Å². The van der Waals surface area contributed by atoms with Crippen molar-refractivity contribution in [2.24, 2.45) is 17.8 Å². The molecule has 4 atom stereocenters. The number of nitrogens with one attached hydrogen (secondary N) is 2. The van der Waals surface area contributed by atoms with E-state index >= 15 is 0 Å². The lowest BCUT2D eigenvalue weighted by Crippen LogP contribution is -2.40. The molecule has 2 aliphatic carbocycles. The van der Waals surface area contributed by atoms with E-state index in [-0.39, 0.29) is 11.9 Å². The number of thiazole rings is 1. The molecule has 0 radical (unpaired) electrons. The number of H-pyrrole nitrogens is 1. The van der Waals surface area contributed by atoms with Gasteiger partial charge in [-0.15, -0.1) is 11.3 Å². The summed E-state index contributed by atoms with van der Waals surface area (Å²) in [5.41, 5.74) is 0.791. The van der Waals surface area contributed by atoms with Gasteiger partial charge in [0.2, 0.25) is 5.91 Å². The van der Waals surface area contributed by atoms with Crippen molar-refractivity contribution in [3.05, 3.63) is 17.4 Å². The number of aromatic amines is 1. The molecule has 0 aliphatic heterocycles. The van der Waals surface area contributed by atoms with Gasteiger partial charge in [0.1, 0.15) is 6.33 Å². The van der Waals surface area contributed by atoms with E-state index in [4.69, 9.17) is 0 Å². The zero-order valence-corrected chi connectivity index (χ0v) is 14.0. The summed E-state index contributed by atoms with van der Waals surface area (Å²) in [6.45, 7) is 2.16. The first-order valence-electron chi connectivity index (χ1n) is 8.28. The van der Waals surface area contributed by atoms with Crippen LogP contribution in [0, 0.1) is 17.8 Å². The number of carbonyl (C=O) groups is 1. The molecule has 0 aromatic carbocycles. The van der Waals surface area contributed by atoms with Crippen molar-refractivity contribution < 1.29 is 4.79 Å². The van der Waals surface area contributed by atoms with Crippen LogP contribution in [0.4, 0.5) is 0 Å². The molecule has 0 saturated heterocycles. The number of fused-ring (bicyclic) bond motifs is 2. The number of hydrogen-bond donors (Lipinski definition) is 2. The number of amides is 1. The van der Waals surface area contributed by atoms with Crippen LogP contribution in [0.15, 0.2) is 11.7 Å². The fourth-order valence-corrected chi connectivity index (χ4v) is 5.05. The smallest absolute Gasteiger partial charge is 0.226 e. The number of hydrogen-bond acceptors (Lipinski definition) is 5. The molecule has 1 amide bonds. The quantitative estimate of drug-likeness (QED) is 0.881. The number of nitrogens with zero attached hydrogens (tertiary/aromatic N) is 3. The average Bonchev–Trinajstić information content (AvgIpc) is 3.30. The minimum absolute atomic E-state index is 0.0645. The van der Waals surface area contributed by atoms with Crippen LogP contribution in [0.1, 0.15) is 38.3 Å². The average molecular weight is 331 g/mol. The molecule has 23 heavy (non-hydrogen) atoms. The molecule has 4 unspecified atom stereocenters. The summed E-state index contributed by atoms with van der Waals surface area (Å²) in [6, 6.07) is 0.269. The normalized spacial score (nSPS) is 27.3. The maximum atomic E-state index is 12.3. The highest BCUT2D eigenvalue weighted by Crippen LogP contribution is 2.49. The maximum Gasteiger partial charge on any atom is 0.226 e. The van der Waals surface area contributed by atoms with Crippen LogP contribution < -0.4 is 5.32 Å². The first-order valence-corrected chi connectivity index (χ1v) is 9.16. The highest BCUT2D eigenvalue weighted by Gasteiger charge is 2.42. The van der Waals surface area contributed by atoms with Gasteiger partial charge in [0.15, 0.2) is 10.8 Å². The molecular formula is C16H21N5OS. The van der Waals surface area contributed by atoms with Crippen molar-refractivity contribution >= 4 is 17.2 Å². The lowest BCUT2D eigenvalue weighted by molar-refractivity contribution is -0.121. The third-order valence-corrected chi connectivity index (χ3v) is 6.23. The van der Waals surface area contributed by atoms with E-state index < -0.39 is 0 Å². The fraction of sp³-hybridized carbons (Fsp3) is 0.625. The molecule has 2 bridgehead atoms. The van der Waals surface area contributed by atoms with Gasteiger partial charge in [-0.2, -0.15) is 5.10 Å². The van der Waals surface area contributed by atoms with Crippen molar-refractivity contribution in [1.82, 2.24) is 25.5 Å². The second-order valence-electron chi connectivity index (χ2n) is 6.85. The molecule has 2 aromatic heterocycles. The predicted molar refractivity (Wildman–Crippen MR) is 87.7 cm³/mol. The standard InChI is InChI=1S/C16H21N5OS/c1-9(13-5-10-2-3-11(13)4-10)19-14(22)6-12-7-23-16(20-12)15-17-8-18-21-15/h7-11,13H,2-6H2,1H3,(H,19,22)(H,17,18,21). The Morgan fingerprint density at radius 2 is 2.39 bits per heavy atom. The summed E-state index contributed by atoms with van der Waals surface area (Å²) in [6.07, 6.45) is 7.19. The van der Waals surface area contributed by atoms with Crippen LogP contribution in [0.2, 0.25) is 0 Å². The Labute approximate surface area is 139 Å². The van der Waals surface area contributed by atoms with Gasteiger partial charge < -0.3 is 5.32 Å². The van der Waals surface area contributed by atoms with Gasteiger partial charge >= 0.3 is 0 Å². The minimum Gasteiger partial charge on any atom is -0.353 e. The lowest BCUT2D eigenvalue weighted by atomic mass is 9.84. The number of aromatic nitrogens is 4. The topological polar surface area (TPSA) is 83.6 Å². The monoisotopic (exact) mass is 331 g/mol. The van der Waals surface area contributed by atoms with Crippen LogP contribution >= 0.6 is 11.3 Å². The molecule has 2 saturated carbocycles. The van der Waals surface area contributed by atoms with E-state index in [9.17, 15) is 4.79 Å². The molecule has 6 nitrogen and oxygen atoms in total. The molecule has 122 valence electrons. The minimum atomic E-state index is 0.0645. The zero-order chi connectivity index (χ0) is 15.8. The van der Waals surface area contributed by atoms with Gasteiger partial charge in [0, 0.05) is 11.4 Å². The van der Waals surface area contributed by atoms with Crippen LogP contribution in [0.25, 0.3) is 10.8 Å². The van der Waals surface area contributed by atoms with Crippen LogP contribution in [-0.2, 0) is 11.2 Å². The zero-order valence-electron chi connectivity index (χ0n) is 13.2. The Bertz CT molecular complexity index is 682. The summed E-state index contributed by atoms with van der Waals surface area (Å²) >= 11 is 1.48. The highest BCUT2D eigenvalue weighted by atomic mass is 32.1. The lowest BCUT2D eigenvalue weighted by Gasteiger charge is -2.28. The van der Waals surface area contributed by atoms with E-state index in [1.54, 1.807) is 0 Å². The van der Waals surface area contributed by atoms with Crippen molar-refractivity contribution in [3.63, 3.8) is 0 Å². The molecule has 0 spiro atoms. The van der Waals surface area contributed by atoms with Crippen molar-refractivity contribution in [3.8, 4) is 10.8 Å².